The number of rotatable bonds is 1. The third-order valence-electron chi connectivity index (χ3n) is 0.211. The van der Waals surface area contributed by atoms with Crippen molar-refractivity contribution < 1.29 is 13.8 Å². The number of hydrogen-bond donors (Lipinski definition) is 0. The van der Waals surface area contributed by atoms with Crippen LogP contribution < -0.4 is 0 Å². The molecule has 0 N–H and O–H groups in total. The Hall–Kier alpha value is 1.74. The number of quaternary nitrogens is 2. The predicted molar refractivity (Wildman–Crippen MR) is 90.7 cm³/mol. The van der Waals surface area contributed by atoms with Gasteiger partial charge in [-0.1, -0.05) is 0 Å². The Balaban J connectivity index is -0.0000000793. The van der Waals surface area contributed by atoms with E-state index in [0.717, 1.165) is 15.4 Å². The maximum absolute atomic E-state index is 9.43. The van der Waals surface area contributed by atoms with Gasteiger partial charge in [0.25, 0.3) is 0 Å². The molecule has 0 saturated heterocycles. The molecule has 0 spiro atoms. The summed E-state index contributed by atoms with van der Waals surface area (Å²) < 4.78 is 2.00. The van der Waals surface area contributed by atoms with Crippen LogP contribution in [-0.4, -0.2) is 142 Å². The van der Waals surface area contributed by atoms with Gasteiger partial charge >= 0.3 is 51.4 Å². The Labute approximate surface area is 145 Å². The number of amides is 1. The molecular weight excluding hydrogens is 555 g/mol. The summed E-state index contributed by atoms with van der Waals surface area (Å²) in [5, 5.41) is 0. The molecule has 0 aromatic carbocycles. The summed E-state index contributed by atoms with van der Waals surface area (Å²) in [4.78, 5) is 10.9. The molecule has 0 atom stereocenters. The Bertz CT molecular complexity index is 166. The van der Waals surface area contributed by atoms with Gasteiger partial charge in [0.2, 0.25) is 6.41 Å². The molecule has 8 heteroatoms. The normalized spacial score (nSPS) is 10.0. The van der Waals surface area contributed by atoms with Gasteiger partial charge in [-0.2, -0.15) is 0 Å². The topological polar surface area (TPSA) is 20.3 Å². The van der Waals surface area contributed by atoms with Crippen molar-refractivity contribution in [2.75, 3.05) is 70.5 Å². The number of hydrogen-bond acceptors (Lipinski definition) is 1. The fourth-order valence-corrected chi connectivity index (χ4v) is 0. The van der Waals surface area contributed by atoms with Gasteiger partial charge < -0.3 is 13.9 Å². The van der Waals surface area contributed by atoms with E-state index in [9.17, 15) is 4.79 Å². The van der Waals surface area contributed by atoms with Crippen molar-refractivity contribution in [2.45, 2.75) is 0 Å². The van der Waals surface area contributed by atoms with Gasteiger partial charge in [0.1, 0.15) is 0 Å². The minimum absolute atomic E-state index is 0.732. The third kappa shape index (κ3) is 444. The monoisotopic (exact) mass is 591 g/mol. The number of nitrogens with zero attached hydrogens (tertiary/aromatic N) is 3. The molecule has 19 heavy (non-hydrogen) atoms. The van der Waals surface area contributed by atoms with Crippen molar-refractivity contribution in [3.63, 3.8) is 0 Å². The first-order valence-electron chi connectivity index (χ1n) is 5.47. The van der Waals surface area contributed by atoms with Gasteiger partial charge in [0.15, 0.2) is 0 Å². The van der Waals surface area contributed by atoms with E-state index in [4.69, 9.17) is 0 Å². The van der Waals surface area contributed by atoms with E-state index in [1.807, 2.05) is 0 Å². The zero-order valence-electron chi connectivity index (χ0n) is 14.0. The minimum atomic E-state index is -0.732. The van der Waals surface area contributed by atoms with E-state index in [1.165, 1.54) is 4.90 Å². The second-order valence-corrected chi connectivity index (χ2v) is 43.4. The molecule has 0 radical (unpaired) electrons. The van der Waals surface area contributed by atoms with Gasteiger partial charge in [-0.15, -0.1) is 0 Å². The van der Waals surface area contributed by atoms with Crippen LogP contribution in [0, 0.1) is 0 Å². The van der Waals surface area contributed by atoms with Crippen LogP contribution in [0.15, 0.2) is 0 Å². The fraction of sp³-hybridized carbons (Fsp3) is 0.909. The van der Waals surface area contributed by atoms with Crippen LogP contribution in [0.4, 0.5) is 0 Å². The number of carbonyl (C=O) groups is 1. The summed E-state index contributed by atoms with van der Waals surface area (Å²) in [6.45, 7) is 0. The van der Waals surface area contributed by atoms with Crippen molar-refractivity contribution in [1.82, 2.24) is 4.90 Å². The molecule has 1 amide bonds. The van der Waals surface area contributed by atoms with Crippen LogP contribution >= 0.6 is 0 Å². The molecule has 0 saturated carbocycles. The summed E-state index contributed by atoms with van der Waals surface area (Å²) in [7, 11) is 20.4. The quantitative estimate of drug-likeness (QED) is 0.216. The molecule has 0 unspecified atom stereocenters. The average Bonchev–Trinajstić information content (AvgIpc) is 1.95. The van der Waals surface area contributed by atoms with Crippen LogP contribution in [0.1, 0.15) is 0 Å². The van der Waals surface area contributed by atoms with E-state index in [1.54, 1.807) is 14.1 Å². The van der Waals surface area contributed by atoms with Gasteiger partial charge in [0, 0.05) is 14.1 Å². The first-order valence-corrected chi connectivity index (χ1v) is 22.4. The predicted octanol–water partition coefficient (Wildman–Crippen LogP) is -1.17. The van der Waals surface area contributed by atoms with Gasteiger partial charge in [-0.25, -0.2) is 0 Å². The Morgan fingerprint density at radius 2 is 0.842 bits per heavy atom. The van der Waals surface area contributed by atoms with E-state index in [-0.39, 0.29) is 0 Å². The molecule has 0 aromatic rings. The van der Waals surface area contributed by atoms with Crippen molar-refractivity contribution in [1.29, 1.82) is 0 Å². The van der Waals surface area contributed by atoms with Crippen LogP contribution in [0.25, 0.3) is 0 Å². The van der Waals surface area contributed by atoms with Gasteiger partial charge in [0.05, 0.1) is 56.4 Å². The van der Waals surface area contributed by atoms with E-state index in [2.05, 4.69) is 94.9 Å². The zero-order chi connectivity index (χ0) is 16.9. The second kappa shape index (κ2) is 16.1. The molecule has 0 fully saturated rings. The molecule has 0 bridgehead atoms. The SMILES string of the molecule is CN(C)C=O.C[N+](C)(C)C.C[N+](C)(C)C.[Se-][Te+]([Se-])[Se-]. The Morgan fingerprint density at radius 3 is 0.842 bits per heavy atom. The Kier molecular flexibility index (Phi) is 24.5. The van der Waals surface area contributed by atoms with Crippen LogP contribution in [0.3, 0.4) is 0 Å². The molecular formula is C11H31N3OSe3Te. The molecule has 0 aliphatic rings. The van der Waals surface area contributed by atoms with Crippen molar-refractivity contribution in [2.24, 2.45) is 0 Å². The molecule has 0 rings (SSSR count). The summed E-state index contributed by atoms with van der Waals surface area (Å²) in [6.07, 6.45) is 0.750. The summed E-state index contributed by atoms with van der Waals surface area (Å²) in [5.74, 6) is 0. The summed E-state index contributed by atoms with van der Waals surface area (Å²) in [6, 6.07) is 0. The van der Waals surface area contributed by atoms with Crippen molar-refractivity contribution in [3.8, 4) is 0 Å². The summed E-state index contributed by atoms with van der Waals surface area (Å²) in [5.41, 5.74) is 0. The van der Waals surface area contributed by atoms with Crippen molar-refractivity contribution in [3.05, 3.63) is 0 Å². The van der Waals surface area contributed by atoms with E-state index >= 15 is 0 Å². The standard InChI is InChI=1S/2C4H12N.C3H7NO.H2Se3Te/c2*1-5(2,3)4;1-4(2)3-5;1-4(2)3/h2*1-4H3;3H,1-2H3;(H2,1,2,3)/q2*+1;;/p-2. The fourth-order valence-electron chi connectivity index (χ4n) is 0. The van der Waals surface area contributed by atoms with Crippen LogP contribution in [0.5, 0.6) is 0 Å². The van der Waals surface area contributed by atoms with E-state index in [0.29, 0.717) is 0 Å². The van der Waals surface area contributed by atoms with E-state index < -0.39 is 12.9 Å². The first kappa shape index (κ1) is 28.8. The van der Waals surface area contributed by atoms with Gasteiger partial charge in [-0.05, 0) is 0 Å². The van der Waals surface area contributed by atoms with Crippen LogP contribution in [0.2, 0.25) is 0 Å². The average molecular weight is 586 g/mol. The summed E-state index contributed by atoms with van der Waals surface area (Å²) >= 11 is 8.15. The first-order chi connectivity index (χ1) is 8.00. The zero-order valence-corrected chi connectivity index (χ0v) is 21.4. The van der Waals surface area contributed by atoms with Gasteiger partial charge in [-0.3, -0.25) is 4.79 Å². The maximum atomic E-state index is 9.43. The molecule has 4 nitrogen and oxygen atoms in total. The number of carbonyl (C=O) groups excluding carboxylic acids is 1. The second-order valence-electron chi connectivity index (χ2n) is 6.64. The van der Waals surface area contributed by atoms with Crippen molar-refractivity contribution >= 4 is 57.8 Å². The van der Waals surface area contributed by atoms with Crippen LogP contribution in [-0.2, 0) is 4.79 Å². The molecule has 0 aromatic heterocycles. The molecule has 0 heterocycles. The molecule has 0 aliphatic carbocycles. The third-order valence-corrected chi connectivity index (χ3v) is 0.211. The molecule has 0 aliphatic heterocycles. The Morgan fingerprint density at radius 1 is 0.789 bits per heavy atom. The molecule has 120 valence electrons.